The van der Waals surface area contributed by atoms with Gasteiger partial charge in [0.15, 0.2) is 11.0 Å². The summed E-state index contributed by atoms with van der Waals surface area (Å²) in [7, 11) is 3.98. The molecular formula is C12H18ClN5O. The van der Waals surface area contributed by atoms with E-state index in [-0.39, 0.29) is 6.10 Å². The van der Waals surface area contributed by atoms with Gasteiger partial charge in [0.1, 0.15) is 12.0 Å². The molecule has 0 aliphatic carbocycles. The monoisotopic (exact) mass is 283 g/mol. The van der Waals surface area contributed by atoms with E-state index in [1.165, 1.54) is 6.33 Å². The molecule has 0 spiro atoms. The standard InChI is InChI=1S/C12H18ClN5O/c1-14-10-11(13)15-7-16-12(10)18-5-8-9(6-18)19-4-3-17(8)2/h7-9,14H,3-6H2,1-2H3. The minimum atomic E-state index is 0.247. The zero-order valence-electron chi connectivity index (χ0n) is 11.1. The molecule has 3 heterocycles. The number of rotatable bonds is 2. The number of anilines is 2. The maximum absolute atomic E-state index is 6.11. The van der Waals surface area contributed by atoms with Crippen molar-refractivity contribution in [3.8, 4) is 0 Å². The number of likely N-dealkylation sites (N-methyl/N-ethyl adjacent to an activating group) is 1. The lowest BCUT2D eigenvalue weighted by molar-refractivity contribution is -0.0362. The van der Waals surface area contributed by atoms with Gasteiger partial charge in [-0.2, -0.15) is 0 Å². The second-order valence-corrected chi connectivity index (χ2v) is 5.33. The smallest absolute Gasteiger partial charge is 0.157 e. The lowest BCUT2D eigenvalue weighted by Crippen LogP contribution is -2.48. The number of nitrogens with one attached hydrogen (secondary N) is 1. The maximum Gasteiger partial charge on any atom is 0.157 e. The van der Waals surface area contributed by atoms with Crippen molar-refractivity contribution >= 4 is 23.1 Å². The highest BCUT2D eigenvalue weighted by atomic mass is 35.5. The number of hydrogen-bond donors (Lipinski definition) is 1. The molecule has 2 fully saturated rings. The molecule has 1 N–H and O–H groups in total. The van der Waals surface area contributed by atoms with Crippen molar-refractivity contribution < 1.29 is 4.74 Å². The summed E-state index contributed by atoms with van der Waals surface area (Å²) < 4.78 is 5.85. The molecule has 0 radical (unpaired) electrons. The number of hydrogen-bond acceptors (Lipinski definition) is 6. The molecule has 1 aromatic heterocycles. The second-order valence-electron chi connectivity index (χ2n) is 4.98. The van der Waals surface area contributed by atoms with Gasteiger partial charge in [0, 0.05) is 26.7 Å². The van der Waals surface area contributed by atoms with Crippen molar-refractivity contribution in [1.82, 2.24) is 14.9 Å². The van der Waals surface area contributed by atoms with Gasteiger partial charge in [-0.05, 0) is 7.05 Å². The van der Waals surface area contributed by atoms with Crippen LogP contribution in [0.25, 0.3) is 0 Å². The predicted octanol–water partition coefficient (Wildman–Crippen LogP) is 0.691. The van der Waals surface area contributed by atoms with Crippen LogP contribution in [0.15, 0.2) is 6.33 Å². The number of morpholine rings is 1. The van der Waals surface area contributed by atoms with Crippen LogP contribution in [0.4, 0.5) is 11.5 Å². The van der Waals surface area contributed by atoms with E-state index in [1.807, 2.05) is 7.05 Å². The Hall–Kier alpha value is -1.11. The highest BCUT2D eigenvalue weighted by Gasteiger charge is 2.39. The van der Waals surface area contributed by atoms with Gasteiger partial charge in [-0.25, -0.2) is 9.97 Å². The van der Waals surface area contributed by atoms with Crippen LogP contribution < -0.4 is 10.2 Å². The van der Waals surface area contributed by atoms with Crippen LogP contribution in [-0.4, -0.2) is 67.4 Å². The Morgan fingerprint density at radius 3 is 3.00 bits per heavy atom. The van der Waals surface area contributed by atoms with Crippen LogP contribution >= 0.6 is 11.6 Å². The summed E-state index contributed by atoms with van der Waals surface area (Å²) in [5.74, 6) is 0.855. The molecule has 3 rings (SSSR count). The van der Waals surface area contributed by atoms with Crippen LogP contribution in [-0.2, 0) is 4.74 Å². The molecule has 0 bridgehead atoms. The molecule has 2 saturated heterocycles. The summed E-state index contributed by atoms with van der Waals surface area (Å²) in [6, 6.07) is 0.423. The molecule has 7 heteroatoms. The second kappa shape index (κ2) is 5.11. The van der Waals surface area contributed by atoms with Crippen molar-refractivity contribution in [2.24, 2.45) is 0 Å². The molecule has 2 aliphatic rings. The highest BCUT2D eigenvalue weighted by Crippen LogP contribution is 2.33. The average Bonchev–Trinajstić information content (AvgIpc) is 2.84. The Kier molecular flexibility index (Phi) is 3.47. The van der Waals surface area contributed by atoms with Gasteiger partial charge in [0.25, 0.3) is 0 Å². The van der Waals surface area contributed by atoms with E-state index in [0.717, 1.165) is 37.7 Å². The fraction of sp³-hybridized carbons (Fsp3) is 0.667. The van der Waals surface area contributed by atoms with Crippen molar-refractivity contribution in [2.45, 2.75) is 12.1 Å². The maximum atomic E-state index is 6.11. The Morgan fingerprint density at radius 2 is 2.26 bits per heavy atom. The number of ether oxygens (including phenoxy) is 1. The first-order chi connectivity index (χ1) is 9.20. The zero-order chi connectivity index (χ0) is 13.4. The normalized spacial score (nSPS) is 27.4. The molecule has 104 valence electrons. The summed E-state index contributed by atoms with van der Waals surface area (Å²) in [6.45, 7) is 3.54. The van der Waals surface area contributed by atoms with E-state index in [4.69, 9.17) is 16.3 Å². The zero-order valence-corrected chi connectivity index (χ0v) is 11.9. The van der Waals surface area contributed by atoms with E-state index < -0.39 is 0 Å². The third-order valence-corrected chi connectivity index (χ3v) is 4.20. The minimum absolute atomic E-state index is 0.247. The van der Waals surface area contributed by atoms with Crippen LogP contribution in [0.1, 0.15) is 0 Å². The fourth-order valence-corrected chi connectivity index (χ4v) is 3.06. The van der Waals surface area contributed by atoms with Crippen LogP contribution in [0, 0.1) is 0 Å². The van der Waals surface area contributed by atoms with Gasteiger partial charge < -0.3 is 15.0 Å². The molecule has 2 aliphatic heterocycles. The largest absolute Gasteiger partial charge is 0.383 e. The molecule has 19 heavy (non-hydrogen) atoms. The Morgan fingerprint density at radius 1 is 1.42 bits per heavy atom. The summed E-state index contributed by atoms with van der Waals surface area (Å²) in [5.41, 5.74) is 0.783. The van der Waals surface area contributed by atoms with E-state index >= 15 is 0 Å². The molecule has 0 saturated carbocycles. The highest BCUT2D eigenvalue weighted by molar-refractivity contribution is 6.32. The number of nitrogens with zero attached hydrogens (tertiary/aromatic N) is 4. The van der Waals surface area contributed by atoms with Gasteiger partial charge in [0.2, 0.25) is 0 Å². The van der Waals surface area contributed by atoms with Gasteiger partial charge in [-0.3, -0.25) is 4.90 Å². The third-order valence-electron chi connectivity index (χ3n) is 3.91. The lowest BCUT2D eigenvalue weighted by Gasteiger charge is -2.33. The van der Waals surface area contributed by atoms with Crippen molar-refractivity contribution in [3.05, 3.63) is 11.5 Å². The molecular weight excluding hydrogens is 266 g/mol. The number of fused-ring (bicyclic) bond motifs is 1. The molecule has 1 aromatic rings. The first kappa shape index (κ1) is 12.9. The quantitative estimate of drug-likeness (QED) is 0.806. The van der Waals surface area contributed by atoms with E-state index in [9.17, 15) is 0 Å². The molecule has 0 aromatic carbocycles. The summed E-state index contributed by atoms with van der Waals surface area (Å²) in [4.78, 5) is 13.0. The average molecular weight is 284 g/mol. The van der Waals surface area contributed by atoms with E-state index in [1.54, 1.807) is 0 Å². The van der Waals surface area contributed by atoms with Gasteiger partial charge >= 0.3 is 0 Å². The topological polar surface area (TPSA) is 53.5 Å². The van der Waals surface area contributed by atoms with E-state index in [2.05, 4.69) is 32.1 Å². The summed E-state index contributed by atoms with van der Waals surface area (Å²) in [6.07, 6.45) is 1.75. The van der Waals surface area contributed by atoms with Gasteiger partial charge in [0.05, 0.1) is 18.8 Å². The summed E-state index contributed by atoms with van der Waals surface area (Å²) in [5, 5.41) is 3.54. The van der Waals surface area contributed by atoms with Gasteiger partial charge in [-0.15, -0.1) is 0 Å². The Bertz CT molecular complexity index is 471. The Labute approximate surface area is 117 Å². The predicted molar refractivity (Wildman–Crippen MR) is 75.0 cm³/mol. The van der Waals surface area contributed by atoms with Crippen LogP contribution in [0.3, 0.4) is 0 Å². The summed E-state index contributed by atoms with van der Waals surface area (Å²) >= 11 is 6.11. The number of halogens is 1. The van der Waals surface area contributed by atoms with Crippen LogP contribution in [0.2, 0.25) is 5.15 Å². The molecule has 0 amide bonds. The van der Waals surface area contributed by atoms with Gasteiger partial charge in [-0.1, -0.05) is 11.6 Å². The SMILES string of the molecule is CNc1c(Cl)ncnc1N1CC2OCCN(C)C2C1. The minimum Gasteiger partial charge on any atom is -0.383 e. The first-order valence-corrected chi connectivity index (χ1v) is 6.83. The lowest BCUT2D eigenvalue weighted by atomic mass is 10.1. The fourth-order valence-electron chi connectivity index (χ4n) is 2.84. The Balaban J connectivity index is 1.86. The first-order valence-electron chi connectivity index (χ1n) is 6.45. The molecule has 6 nitrogen and oxygen atoms in total. The van der Waals surface area contributed by atoms with E-state index in [0.29, 0.717) is 11.2 Å². The van der Waals surface area contributed by atoms with Crippen molar-refractivity contribution in [2.75, 3.05) is 50.6 Å². The number of aromatic nitrogens is 2. The molecule has 2 atom stereocenters. The van der Waals surface area contributed by atoms with Crippen LogP contribution in [0.5, 0.6) is 0 Å². The third kappa shape index (κ3) is 2.24. The molecule has 2 unspecified atom stereocenters. The van der Waals surface area contributed by atoms with Crippen molar-refractivity contribution in [1.29, 1.82) is 0 Å². The van der Waals surface area contributed by atoms with Crippen molar-refractivity contribution in [3.63, 3.8) is 0 Å².